The van der Waals surface area contributed by atoms with Crippen molar-refractivity contribution in [1.29, 1.82) is 0 Å². The highest BCUT2D eigenvalue weighted by Crippen LogP contribution is 2.27. The Kier molecular flexibility index (Phi) is 9.11. The Morgan fingerprint density at radius 3 is 2.35 bits per heavy atom. The number of benzene rings is 3. The van der Waals surface area contributed by atoms with Crippen LogP contribution in [0.1, 0.15) is 17.5 Å². The summed E-state index contributed by atoms with van der Waals surface area (Å²) in [6.07, 6.45) is 4.71. The van der Waals surface area contributed by atoms with E-state index in [0.717, 1.165) is 39.3 Å². The molecule has 3 aromatic carbocycles. The first-order valence-corrected chi connectivity index (χ1v) is 12.5. The van der Waals surface area contributed by atoms with Gasteiger partial charge in [-0.1, -0.05) is 35.9 Å². The molecule has 0 amide bonds. The van der Waals surface area contributed by atoms with E-state index >= 15 is 0 Å². The number of nitrogens with zero attached hydrogens (tertiary/aromatic N) is 1. The lowest BCUT2D eigenvalue weighted by Crippen LogP contribution is -2.05. The molecule has 4 aromatic rings. The van der Waals surface area contributed by atoms with Crippen LogP contribution in [-0.4, -0.2) is 30.9 Å². The first-order valence-electron chi connectivity index (χ1n) is 12.1. The molecule has 0 atom stereocenters. The highest BCUT2D eigenvalue weighted by molar-refractivity contribution is 6.30. The lowest BCUT2D eigenvalue weighted by Gasteiger charge is -2.11. The molecule has 0 saturated carbocycles. The molecule has 7 heteroatoms. The van der Waals surface area contributed by atoms with Crippen molar-refractivity contribution in [3.05, 3.63) is 102 Å². The maximum atomic E-state index is 11.9. The van der Waals surface area contributed by atoms with E-state index in [1.54, 1.807) is 0 Å². The molecule has 192 valence electrons. The third-order valence-corrected chi connectivity index (χ3v) is 6.03. The number of hydrogen-bond acceptors (Lipinski definition) is 5. The van der Waals surface area contributed by atoms with Gasteiger partial charge in [-0.25, -0.2) is 0 Å². The third-order valence-electron chi connectivity index (χ3n) is 5.77. The summed E-state index contributed by atoms with van der Waals surface area (Å²) in [4.78, 5) is 11.9. The van der Waals surface area contributed by atoms with Gasteiger partial charge in [-0.2, -0.15) is 0 Å². The zero-order chi connectivity index (χ0) is 26.0. The van der Waals surface area contributed by atoms with Gasteiger partial charge in [0.1, 0.15) is 23.9 Å². The molecule has 1 aromatic heterocycles. The smallest absolute Gasteiger partial charge is 0.310 e. The average molecular weight is 520 g/mol. The van der Waals surface area contributed by atoms with Gasteiger partial charge in [0, 0.05) is 41.2 Å². The summed E-state index contributed by atoms with van der Waals surface area (Å²) < 4.78 is 24.6. The molecule has 37 heavy (non-hydrogen) atoms. The van der Waals surface area contributed by atoms with Crippen LogP contribution in [0.3, 0.4) is 0 Å². The van der Waals surface area contributed by atoms with Crippen LogP contribution in [0, 0.1) is 0 Å². The predicted octanol–water partition coefficient (Wildman–Crippen LogP) is 6.62. The Balaban J connectivity index is 1.28. The highest BCUT2D eigenvalue weighted by atomic mass is 35.5. The van der Waals surface area contributed by atoms with Crippen molar-refractivity contribution >= 4 is 28.5 Å². The van der Waals surface area contributed by atoms with Crippen LogP contribution in [0.25, 0.3) is 10.9 Å². The van der Waals surface area contributed by atoms with Gasteiger partial charge in [-0.15, -0.1) is 6.58 Å². The monoisotopic (exact) mass is 519 g/mol. The van der Waals surface area contributed by atoms with Crippen LogP contribution in [0.15, 0.2) is 85.6 Å². The minimum absolute atomic E-state index is 0.205. The number of halogens is 1. The molecule has 0 aliphatic rings. The quantitative estimate of drug-likeness (QED) is 0.113. The summed E-state index contributed by atoms with van der Waals surface area (Å²) in [5.41, 5.74) is 2.96. The van der Waals surface area contributed by atoms with Gasteiger partial charge < -0.3 is 23.5 Å². The fourth-order valence-electron chi connectivity index (χ4n) is 3.94. The molecule has 0 unspecified atom stereocenters. The normalized spacial score (nSPS) is 10.8. The van der Waals surface area contributed by atoms with Crippen molar-refractivity contribution in [3.63, 3.8) is 0 Å². The number of methoxy groups -OCH3 is 1. The first kappa shape index (κ1) is 26.2. The van der Waals surface area contributed by atoms with Crippen LogP contribution >= 0.6 is 11.6 Å². The van der Waals surface area contributed by atoms with E-state index in [2.05, 4.69) is 11.1 Å². The van der Waals surface area contributed by atoms with Gasteiger partial charge in [0.25, 0.3) is 0 Å². The van der Waals surface area contributed by atoms with Crippen LogP contribution < -0.4 is 14.2 Å². The standard InChI is InChI=1S/C30H30ClNO5/c1-3-14-32-20-23(17-30(33)34-2)28-19-27(12-13-29(28)32)36-16-5-15-35-25-6-4-7-26(18-25)37-21-22-8-10-24(31)11-9-22/h3-4,6-13,18-20H,1,5,14-17,21H2,2H3. The maximum absolute atomic E-state index is 11.9. The Bertz CT molecular complexity index is 1350. The second kappa shape index (κ2) is 12.9. The fourth-order valence-corrected chi connectivity index (χ4v) is 4.06. The molecule has 0 spiro atoms. The minimum Gasteiger partial charge on any atom is -0.493 e. The van der Waals surface area contributed by atoms with Gasteiger partial charge in [-0.05, 0) is 53.6 Å². The molecule has 6 nitrogen and oxygen atoms in total. The average Bonchev–Trinajstić information content (AvgIpc) is 3.24. The van der Waals surface area contributed by atoms with E-state index in [9.17, 15) is 4.79 Å². The van der Waals surface area contributed by atoms with E-state index in [4.69, 9.17) is 30.5 Å². The van der Waals surface area contributed by atoms with Gasteiger partial charge in [0.15, 0.2) is 0 Å². The van der Waals surface area contributed by atoms with E-state index < -0.39 is 0 Å². The fraction of sp³-hybridized carbons (Fsp3) is 0.233. The molecule has 4 rings (SSSR count). The summed E-state index contributed by atoms with van der Waals surface area (Å²) in [7, 11) is 1.40. The second-order valence-corrected chi connectivity index (χ2v) is 8.90. The van der Waals surface area contributed by atoms with E-state index in [1.165, 1.54) is 7.11 Å². The van der Waals surface area contributed by atoms with Crippen molar-refractivity contribution < 1.29 is 23.7 Å². The Morgan fingerprint density at radius 2 is 1.65 bits per heavy atom. The molecule has 0 saturated heterocycles. The minimum atomic E-state index is -0.277. The van der Waals surface area contributed by atoms with Crippen LogP contribution in [0.2, 0.25) is 5.02 Å². The number of carbonyl (C=O) groups is 1. The molecule has 0 N–H and O–H groups in total. The summed E-state index contributed by atoms with van der Waals surface area (Å²) in [6.45, 7) is 5.93. The van der Waals surface area contributed by atoms with Crippen molar-refractivity contribution in [2.75, 3.05) is 20.3 Å². The van der Waals surface area contributed by atoms with Crippen molar-refractivity contribution in [2.45, 2.75) is 26.0 Å². The number of esters is 1. The maximum Gasteiger partial charge on any atom is 0.310 e. The zero-order valence-corrected chi connectivity index (χ0v) is 21.6. The van der Waals surface area contributed by atoms with Crippen molar-refractivity contribution in [3.8, 4) is 17.2 Å². The summed E-state index contributed by atoms with van der Waals surface area (Å²) >= 11 is 5.93. The molecular formula is C30H30ClNO5. The van der Waals surface area contributed by atoms with Crippen LogP contribution in [0.4, 0.5) is 0 Å². The van der Waals surface area contributed by atoms with Gasteiger partial charge in [-0.3, -0.25) is 4.79 Å². The first-order chi connectivity index (χ1) is 18.1. The summed E-state index contributed by atoms with van der Waals surface area (Å²) in [5.74, 6) is 1.95. The molecule has 0 radical (unpaired) electrons. The number of ether oxygens (including phenoxy) is 4. The lowest BCUT2D eigenvalue weighted by molar-refractivity contribution is -0.139. The molecule has 0 aliphatic carbocycles. The topological polar surface area (TPSA) is 58.9 Å². The second-order valence-electron chi connectivity index (χ2n) is 8.47. The molecule has 0 bridgehead atoms. The number of rotatable bonds is 13. The Labute approximate surface area is 222 Å². The molecule has 0 aliphatic heterocycles. The number of hydrogen-bond donors (Lipinski definition) is 0. The van der Waals surface area contributed by atoms with Crippen LogP contribution in [-0.2, 0) is 29.1 Å². The van der Waals surface area contributed by atoms with Gasteiger partial charge >= 0.3 is 5.97 Å². The summed E-state index contributed by atoms with van der Waals surface area (Å²) in [5, 5.41) is 1.67. The highest BCUT2D eigenvalue weighted by Gasteiger charge is 2.13. The van der Waals surface area contributed by atoms with Crippen LogP contribution in [0.5, 0.6) is 17.2 Å². The number of aromatic nitrogens is 1. The van der Waals surface area contributed by atoms with E-state index in [1.807, 2.05) is 79.0 Å². The van der Waals surface area contributed by atoms with Crippen molar-refractivity contribution in [2.24, 2.45) is 0 Å². The van der Waals surface area contributed by atoms with E-state index in [0.29, 0.717) is 37.8 Å². The molecule has 0 fully saturated rings. The van der Waals surface area contributed by atoms with Gasteiger partial charge in [0.05, 0.1) is 26.7 Å². The third kappa shape index (κ3) is 7.30. The number of carbonyl (C=O) groups excluding carboxylic acids is 1. The van der Waals surface area contributed by atoms with E-state index in [-0.39, 0.29) is 12.4 Å². The molecular weight excluding hydrogens is 490 g/mol. The largest absolute Gasteiger partial charge is 0.493 e. The van der Waals surface area contributed by atoms with Crippen molar-refractivity contribution in [1.82, 2.24) is 4.57 Å². The zero-order valence-electron chi connectivity index (χ0n) is 20.8. The number of allylic oxidation sites excluding steroid dienone is 1. The van der Waals surface area contributed by atoms with Gasteiger partial charge in [0.2, 0.25) is 0 Å². The number of fused-ring (bicyclic) bond motifs is 1. The summed E-state index contributed by atoms with van der Waals surface area (Å²) in [6, 6.07) is 21.1. The Hall–Kier alpha value is -3.90. The lowest BCUT2D eigenvalue weighted by atomic mass is 10.1. The SMILES string of the molecule is C=CCn1cc(CC(=O)OC)c2cc(OCCCOc3cccc(OCc4ccc(Cl)cc4)c3)ccc21. The predicted molar refractivity (Wildman–Crippen MR) is 146 cm³/mol. The molecule has 1 heterocycles. The Morgan fingerprint density at radius 1 is 0.946 bits per heavy atom.